The van der Waals surface area contributed by atoms with Crippen molar-refractivity contribution in [2.45, 2.75) is 49.5 Å². The van der Waals surface area contributed by atoms with E-state index in [4.69, 9.17) is 0 Å². The molecular formula is C13H19NO4S2. The first kappa shape index (κ1) is 15.5. The Kier molecular flexibility index (Phi) is 5.17. The molecular weight excluding hydrogens is 298 g/mol. The summed E-state index contributed by atoms with van der Waals surface area (Å²) in [5.41, 5.74) is 0. The van der Waals surface area contributed by atoms with Gasteiger partial charge in [-0.1, -0.05) is 25.7 Å². The van der Waals surface area contributed by atoms with E-state index in [9.17, 15) is 18.3 Å². The van der Waals surface area contributed by atoms with Crippen LogP contribution < -0.4 is 4.72 Å². The van der Waals surface area contributed by atoms with E-state index >= 15 is 0 Å². The van der Waals surface area contributed by atoms with E-state index in [0.29, 0.717) is 12.8 Å². The van der Waals surface area contributed by atoms with E-state index in [-0.39, 0.29) is 4.90 Å². The molecule has 1 aromatic heterocycles. The zero-order valence-electron chi connectivity index (χ0n) is 11.1. The summed E-state index contributed by atoms with van der Waals surface area (Å²) in [6.45, 7) is 0. The summed E-state index contributed by atoms with van der Waals surface area (Å²) in [5, 5.41) is 12.6. The first-order valence-electron chi connectivity index (χ1n) is 6.78. The van der Waals surface area contributed by atoms with Gasteiger partial charge < -0.3 is 5.11 Å². The molecule has 1 heterocycles. The van der Waals surface area contributed by atoms with Crippen molar-refractivity contribution in [1.29, 1.82) is 0 Å². The molecule has 5 nitrogen and oxygen atoms in total. The predicted octanol–water partition coefficient (Wildman–Crippen LogP) is 2.45. The SMILES string of the molecule is O=C(O)C1CCCCCCC1NS(=O)(=O)c1ccsc1. The summed E-state index contributed by atoms with van der Waals surface area (Å²) in [4.78, 5) is 11.6. The quantitative estimate of drug-likeness (QED) is 0.893. The smallest absolute Gasteiger partial charge is 0.308 e. The summed E-state index contributed by atoms with van der Waals surface area (Å²) >= 11 is 1.31. The van der Waals surface area contributed by atoms with Crippen molar-refractivity contribution < 1.29 is 18.3 Å². The largest absolute Gasteiger partial charge is 0.481 e. The lowest BCUT2D eigenvalue weighted by Crippen LogP contribution is -2.43. The Morgan fingerprint density at radius 1 is 1.25 bits per heavy atom. The molecule has 0 radical (unpaired) electrons. The number of aliphatic carboxylic acids is 1. The lowest BCUT2D eigenvalue weighted by molar-refractivity contribution is -0.143. The van der Waals surface area contributed by atoms with E-state index in [1.165, 1.54) is 17.4 Å². The number of carbonyl (C=O) groups is 1. The molecule has 0 saturated heterocycles. The van der Waals surface area contributed by atoms with Crippen molar-refractivity contribution >= 4 is 27.3 Å². The number of hydrogen-bond donors (Lipinski definition) is 2. The van der Waals surface area contributed by atoms with Crippen LogP contribution >= 0.6 is 11.3 Å². The van der Waals surface area contributed by atoms with Gasteiger partial charge >= 0.3 is 5.97 Å². The summed E-state index contributed by atoms with van der Waals surface area (Å²) in [5.74, 6) is -1.55. The molecule has 2 rings (SSSR count). The molecule has 112 valence electrons. The Labute approximate surface area is 123 Å². The van der Waals surface area contributed by atoms with E-state index in [2.05, 4.69) is 4.72 Å². The molecule has 1 aromatic rings. The van der Waals surface area contributed by atoms with Gasteiger partial charge in [-0.3, -0.25) is 4.79 Å². The zero-order chi connectivity index (χ0) is 14.6. The van der Waals surface area contributed by atoms with Gasteiger partial charge in [0.05, 0.1) is 10.8 Å². The van der Waals surface area contributed by atoms with Crippen LogP contribution in [-0.4, -0.2) is 25.5 Å². The topological polar surface area (TPSA) is 83.5 Å². The molecule has 1 aliphatic rings. The molecule has 0 aliphatic heterocycles. The minimum atomic E-state index is -3.61. The maximum Gasteiger partial charge on any atom is 0.308 e. The van der Waals surface area contributed by atoms with Crippen molar-refractivity contribution in [2.75, 3.05) is 0 Å². The minimum Gasteiger partial charge on any atom is -0.481 e. The molecule has 2 atom stereocenters. The molecule has 0 aromatic carbocycles. The molecule has 2 unspecified atom stereocenters. The molecule has 0 bridgehead atoms. The lowest BCUT2D eigenvalue weighted by Gasteiger charge is -2.26. The fraction of sp³-hybridized carbons (Fsp3) is 0.615. The van der Waals surface area contributed by atoms with Crippen LogP contribution in [0.3, 0.4) is 0 Å². The van der Waals surface area contributed by atoms with Gasteiger partial charge in [-0.25, -0.2) is 13.1 Å². The molecule has 0 spiro atoms. The summed E-state index contributed by atoms with van der Waals surface area (Å²) in [7, 11) is -3.61. The number of nitrogens with one attached hydrogen (secondary N) is 1. The maximum atomic E-state index is 12.2. The minimum absolute atomic E-state index is 0.216. The second kappa shape index (κ2) is 6.69. The third-order valence-corrected chi connectivity index (χ3v) is 6.02. The van der Waals surface area contributed by atoms with Crippen molar-refractivity contribution in [1.82, 2.24) is 4.72 Å². The highest BCUT2D eigenvalue weighted by Gasteiger charge is 2.32. The fourth-order valence-corrected chi connectivity index (χ4v) is 4.93. The van der Waals surface area contributed by atoms with Gasteiger partial charge in [-0.2, -0.15) is 11.3 Å². The van der Waals surface area contributed by atoms with Crippen molar-refractivity contribution in [3.63, 3.8) is 0 Å². The van der Waals surface area contributed by atoms with Gasteiger partial charge in [0.25, 0.3) is 0 Å². The highest BCUT2D eigenvalue weighted by Crippen LogP contribution is 2.25. The van der Waals surface area contributed by atoms with Gasteiger partial charge in [0.15, 0.2) is 0 Å². The van der Waals surface area contributed by atoms with Crippen LogP contribution in [0.1, 0.15) is 38.5 Å². The Hall–Kier alpha value is -0.920. The summed E-state index contributed by atoms with van der Waals surface area (Å²) in [6, 6.07) is 1.02. The van der Waals surface area contributed by atoms with Gasteiger partial charge in [-0.15, -0.1) is 0 Å². The average molecular weight is 317 g/mol. The number of sulfonamides is 1. The van der Waals surface area contributed by atoms with Crippen LogP contribution in [0.15, 0.2) is 21.7 Å². The Bertz CT molecular complexity index is 539. The van der Waals surface area contributed by atoms with Crippen LogP contribution in [-0.2, 0) is 14.8 Å². The predicted molar refractivity (Wildman–Crippen MR) is 77.3 cm³/mol. The lowest BCUT2D eigenvalue weighted by atomic mass is 9.87. The van der Waals surface area contributed by atoms with Crippen LogP contribution in [0.2, 0.25) is 0 Å². The maximum absolute atomic E-state index is 12.2. The third kappa shape index (κ3) is 3.80. The zero-order valence-corrected chi connectivity index (χ0v) is 12.8. The van der Waals surface area contributed by atoms with E-state index in [1.54, 1.807) is 10.8 Å². The van der Waals surface area contributed by atoms with Crippen LogP contribution in [0.5, 0.6) is 0 Å². The number of hydrogen-bond acceptors (Lipinski definition) is 4. The third-order valence-electron chi connectivity index (χ3n) is 3.70. The highest BCUT2D eigenvalue weighted by atomic mass is 32.2. The van der Waals surface area contributed by atoms with Crippen LogP contribution in [0.25, 0.3) is 0 Å². The second-order valence-electron chi connectivity index (χ2n) is 5.12. The Morgan fingerprint density at radius 2 is 1.95 bits per heavy atom. The van der Waals surface area contributed by atoms with Crippen molar-refractivity contribution in [2.24, 2.45) is 5.92 Å². The number of carboxylic acids is 1. The van der Waals surface area contributed by atoms with E-state index < -0.39 is 28.0 Å². The standard InChI is InChI=1S/C13H19NO4S2/c15-13(16)11-5-3-1-2-4-6-12(11)14-20(17,18)10-7-8-19-9-10/h7-9,11-12,14H,1-6H2,(H,15,16). The molecule has 20 heavy (non-hydrogen) atoms. The summed E-state index contributed by atoms with van der Waals surface area (Å²) < 4.78 is 27.1. The van der Waals surface area contributed by atoms with Crippen molar-refractivity contribution in [3.8, 4) is 0 Å². The highest BCUT2D eigenvalue weighted by molar-refractivity contribution is 7.89. The van der Waals surface area contributed by atoms with Crippen LogP contribution in [0, 0.1) is 5.92 Å². The van der Waals surface area contributed by atoms with Gasteiger partial charge in [0, 0.05) is 11.4 Å². The first-order valence-corrected chi connectivity index (χ1v) is 9.20. The Balaban J connectivity index is 2.16. The monoisotopic (exact) mass is 317 g/mol. The van der Waals surface area contributed by atoms with Gasteiger partial charge in [0.2, 0.25) is 10.0 Å². The average Bonchev–Trinajstić information content (AvgIpc) is 2.86. The molecule has 1 aliphatic carbocycles. The van der Waals surface area contributed by atoms with E-state index in [0.717, 1.165) is 25.7 Å². The summed E-state index contributed by atoms with van der Waals surface area (Å²) in [6.07, 6.45) is 4.87. The first-order chi connectivity index (χ1) is 9.50. The van der Waals surface area contributed by atoms with Gasteiger partial charge in [0.1, 0.15) is 0 Å². The Morgan fingerprint density at radius 3 is 2.55 bits per heavy atom. The number of rotatable bonds is 4. The molecule has 2 N–H and O–H groups in total. The van der Waals surface area contributed by atoms with E-state index in [1.807, 2.05) is 0 Å². The second-order valence-corrected chi connectivity index (χ2v) is 7.62. The van der Waals surface area contributed by atoms with Gasteiger partial charge in [-0.05, 0) is 24.3 Å². The molecule has 7 heteroatoms. The number of thiophene rings is 1. The molecule has 1 saturated carbocycles. The number of carboxylic acid groups (broad SMARTS) is 1. The molecule has 1 fully saturated rings. The fourth-order valence-electron chi connectivity index (χ4n) is 2.59. The molecule has 0 amide bonds. The van der Waals surface area contributed by atoms with Crippen molar-refractivity contribution in [3.05, 3.63) is 16.8 Å². The normalized spacial score (nSPS) is 24.8. The van der Waals surface area contributed by atoms with Crippen LogP contribution in [0.4, 0.5) is 0 Å².